The average Bonchev–Trinajstić information content (AvgIpc) is 3.69. The van der Waals surface area contributed by atoms with E-state index in [0.29, 0.717) is 0 Å². The molecule has 0 saturated heterocycles. The molecule has 6 nitrogen and oxygen atoms in total. The molecule has 4 heterocycles. The van der Waals surface area contributed by atoms with E-state index < -0.39 is 8.07 Å². The van der Waals surface area contributed by atoms with E-state index in [9.17, 15) is 0 Å². The van der Waals surface area contributed by atoms with Crippen LogP contribution in [-0.2, 0) is 0 Å². The lowest BCUT2D eigenvalue weighted by Crippen LogP contribution is -2.56. The number of hydrogen-bond donors (Lipinski definition) is 0. The lowest BCUT2D eigenvalue weighted by atomic mass is 10.1. The zero-order chi connectivity index (χ0) is 25.2. The fourth-order valence-corrected chi connectivity index (χ4v) is 6.58. The molecule has 0 N–H and O–H groups in total. The van der Waals surface area contributed by atoms with Crippen molar-refractivity contribution in [1.82, 2.24) is 29.5 Å². The molecule has 37 heavy (non-hydrogen) atoms. The first kappa shape index (κ1) is 22.8. The van der Waals surface area contributed by atoms with Gasteiger partial charge in [0, 0.05) is 46.5 Å². The van der Waals surface area contributed by atoms with Crippen molar-refractivity contribution in [3.63, 3.8) is 0 Å². The zero-order valence-corrected chi connectivity index (χ0v) is 21.7. The minimum absolute atomic E-state index is 0.822. The van der Waals surface area contributed by atoms with Gasteiger partial charge in [0.2, 0.25) is 0 Å². The fraction of sp³-hybridized carbons (Fsp3) is 0.0667. The zero-order valence-electron chi connectivity index (χ0n) is 20.7. The van der Waals surface area contributed by atoms with E-state index in [4.69, 9.17) is 9.97 Å². The summed E-state index contributed by atoms with van der Waals surface area (Å²) >= 11 is 0. The van der Waals surface area contributed by atoms with Gasteiger partial charge in [0.25, 0.3) is 0 Å². The predicted molar refractivity (Wildman–Crippen MR) is 150 cm³/mol. The summed E-state index contributed by atoms with van der Waals surface area (Å²) in [5.74, 6) is 1.64. The van der Waals surface area contributed by atoms with Crippen LogP contribution in [0.25, 0.3) is 33.9 Å². The molecule has 0 aliphatic carbocycles. The SMILES string of the molecule is C[Si](C)(c1ccc(-c2ccccc2)c(-n2cccn2)n1)c1ccc(-c2ccccc2)c(-n2cccn2)n1. The van der Waals surface area contributed by atoms with Crippen LogP contribution in [-0.4, -0.2) is 37.6 Å². The summed E-state index contributed by atoms with van der Waals surface area (Å²) in [6, 6.07) is 33.1. The summed E-state index contributed by atoms with van der Waals surface area (Å²) in [5, 5.41) is 11.1. The van der Waals surface area contributed by atoms with Crippen molar-refractivity contribution in [2.24, 2.45) is 0 Å². The molecule has 0 bridgehead atoms. The highest BCUT2D eigenvalue weighted by molar-refractivity contribution is 6.99. The molecule has 0 radical (unpaired) electrons. The molecule has 0 amide bonds. The molecule has 0 aliphatic heterocycles. The Bertz CT molecular complexity index is 1500. The quantitative estimate of drug-likeness (QED) is 0.303. The smallest absolute Gasteiger partial charge is 0.161 e. The lowest BCUT2D eigenvalue weighted by Gasteiger charge is -2.24. The van der Waals surface area contributed by atoms with Gasteiger partial charge in [-0.25, -0.2) is 19.3 Å². The standard InChI is InChI=1S/C30H26N6Si/c1-37(2,27-17-15-25(23-11-5-3-6-12-23)29(33-27)35-21-9-19-31-35)28-18-16-26(24-13-7-4-8-14-24)30(34-28)36-22-10-20-32-36/h3-22H,1-2H3. The van der Waals surface area contributed by atoms with Crippen LogP contribution in [0.1, 0.15) is 0 Å². The summed E-state index contributed by atoms with van der Waals surface area (Å²) < 4.78 is 3.69. The van der Waals surface area contributed by atoms with E-state index in [-0.39, 0.29) is 0 Å². The van der Waals surface area contributed by atoms with Crippen LogP contribution in [0.4, 0.5) is 0 Å². The summed E-state index contributed by atoms with van der Waals surface area (Å²) in [5.41, 5.74) is 4.31. The van der Waals surface area contributed by atoms with Crippen LogP contribution in [0.3, 0.4) is 0 Å². The van der Waals surface area contributed by atoms with Crippen molar-refractivity contribution in [1.29, 1.82) is 0 Å². The monoisotopic (exact) mass is 498 g/mol. The summed E-state index contributed by atoms with van der Waals surface area (Å²) in [4.78, 5) is 10.4. The predicted octanol–water partition coefficient (Wildman–Crippen LogP) is 5.00. The van der Waals surface area contributed by atoms with Gasteiger partial charge >= 0.3 is 0 Å². The van der Waals surface area contributed by atoms with Crippen LogP contribution in [0.5, 0.6) is 0 Å². The molecule has 2 aromatic carbocycles. The molecule has 0 atom stereocenters. The Balaban J connectivity index is 1.49. The minimum Gasteiger partial charge on any atom is -0.237 e. The van der Waals surface area contributed by atoms with Crippen molar-refractivity contribution in [2.45, 2.75) is 13.1 Å². The Morgan fingerprint density at radius 1 is 0.514 bits per heavy atom. The number of benzene rings is 2. The van der Waals surface area contributed by atoms with Gasteiger partial charge in [-0.05, 0) is 47.5 Å². The van der Waals surface area contributed by atoms with Crippen molar-refractivity contribution >= 4 is 18.7 Å². The number of rotatable bonds is 6. The molecule has 6 aromatic rings. The summed E-state index contributed by atoms with van der Waals surface area (Å²) in [6.45, 7) is 4.59. The van der Waals surface area contributed by atoms with Crippen LogP contribution >= 0.6 is 0 Å². The maximum absolute atomic E-state index is 5.21. The summed E-state index contributed by atoms with van der Waals surface area (Å²) in [7, 11) is -2.30. The largest absolute Gasteiger partial charge is 0.237 e. The fourth-order valence-electron chi connectivity index (χ4n) is 4.55. The molecule has 0 spiro atoms. The van der Waals surface area contributed by atoms with E-state index in [2.05, 4.69) is 71.8 Å². The second-order valence-corrected chi connectivity index (χ2v) is 13.7. The first-order valence-corrected chi connectivity index (χ1v) is 15.3. The molecule has 0 fully saturated rings. The molecule has 0 unspecified atom stereocenters. The van der Waals surface area contributed by atoms with Crippen molar-refractivity contribution in [3.8, 4) is 33.9 Å². The maximum Gasteiger partial charge on any atom is 0.161 e. The van der Waals surface area contributed by atoms with E-state index >= 15 is 0 Å². The van der Waals surface area contributed by atoms with Gasteiger partial charge < -0.3 is 0 Å². The van der Waals surface area contributed by atoms with E-state index in [0.717, 1.165) is 44.5 Å². The molecular formula is C30H26N6Si. The summed E-state index contributed by atoms with van der Waals surface area (Å²) in [6.07, 6.45) is 7.45. The van der Waals surface area contributed by atoms with Crippen LogP contribution < -0.4 is 10.6 Å². The van der Waals surface area contributed by atoms with E-state index in [1.807, 2.05) is 70.3 Å². The van der Waals surface area contributed by atoms with Gasteiger partial charge in [0.05, 0.1) is 0 Å². The maximum atomic E-state index is 5.21. The van der Waals surface area contributed by atoms with Crippen LogP contribution in [0.2, 0.25) is 13.1 Å². The highest BCUT2D eigenvalue weighted by Crippen LogP contribution is 2.26. The Labute approximate surface area is 216 Å². The van der Waals surface area contributed by atoms with Gasteiger partial charge in [-0.3, -0.25) is 0 Å². The third-order valence-electron chi connectivity index (χ3n) is 6.64. The Hall–Kier alpha value is -4.62. The van der Waals surface area contributed by atoms with Gasteiger partial charge in [0.15, 0.2) is 19.7 Å². The first-order valence-electron chi connectivity index (χ1n) is 12.3. The normalized spacial score (nSPS) is 11.5. The highest BCUT2D eigenvalue weighted by atomic mass is 28.3. The number of pyridine rings is 2. The molecule has 0 aliphatic rings. The molecule has 4 aromatic heterocycles. The van der Waals surface area contributed by atoms with Gasteiger partial charge in [0.1, 0.15) is 0 Å². The van der Waals surface area contributed by atoms with Crippen molar-refractivity contribution in [3.05, 3.63) is 122 Å². The minimum atomic E-state index is -2.30. The lowest BCUT2D eigenvalue weighted by molar-refractivity contribution is 0.850. The molecular weight excluding hydrogens is 472 g/mol. The van der Waals surface area contributed by atoms with Crippen LogP contribution in [0.15, 0.2) is 122 Å². The molecule has 180 valence electrons. The molecule has 0 saturated carbocycles. The second-order valence-electron chi connectivity index (χ2n) is 9.39. The van der Waals surface area contributed by atoms with Crippen LogP contribution in [0, 0.1) is 0 Å². The van der Waals surface area contributed by atoms with E-state index in [1.54, 1.807) is 12.4 Å². The second kappa shape index (κ2) is 9.44. The number of hydrogen-bond acceptors (Lipinski definition) is 4. The van der Waals surface area contributed by atoms with Gasteiger partial charge in [-0.15, -0.1) is 0 Å². The molecule has 7 heteroatoms. The average molecular weight is 499 g/mol. The van der Waals surface area contributed by atoms with Crippen molar-refractivity contribution < 1.29 is 0 Å². The van der Waals surface area contributed by atoms with E-state index in [1.165, 1.54) is 0 Å². The Morgan fingerprint density at radius 3 is 1.32 bits per heavy atom. The topological polar surface area (TPSA) is 61.4 Å². The van der Waals surface area contributed by atoms with Crippen molar-refractivity contribution in [2.75, 3.05) is 0 Å². The Morgan fingerprint density at radius 2 is 0.946 bits per heavy atom. The highest BCUT2D eigenvalue weighted by Gasteiger charge is 2.32. The van der Waals surface area contributed by atoms with Gasteiger partial charge in [-0.2, -0.15) is 10.2 Å². The third kappa shape index (κ3) is 4.30. The molecule has 6 rings (SSSR count). The number of nitrogens with zero attached hydrogens (tertiary/aromatic N) is 6. The Kier molecular flexibility index (Phi) is 5.82. The number of aromatic nitrogens is 6. The van der Waals surface area contributed by atoms with Gasteiger partial charge in [-0.1, -0.05) is 73.8 Å². The third-order valence-corrected chi connectivity index (χ3v) is 9.76. The first-order chi connectivity index (χ1) is 18.1.